The van der Waals surface area contributed by atoms with Crippen molar-refractivity contribution in [2.75, 3.05) is 13.2 Å². The van der Waals surface area contributed by atoms with Crippen molar-refractivity contribution in [2.45, 2.75) is 26.7 Å². The Hall–Kier alpha value is -1.75. The summed E-state index contributed by atoms with van der Waals surface area (Å²) >= 11 is 0. The van der Waals surface area contributed by atoms with Crippen molar-refractivity contribution in [1.29, 1.82) is 0 Å². The molecular formula is C22H27O4PSi. The van der Waals surface area contributed by atoms with Gasteiger partial charge in [0.05, 0.1) is 13.2 Å². The van der Waals surface area contributed by atoms with Crippen molar-refractivity contribution >= 4 is 26.5 Å². The lowest BCUT2D eigenvalue weighted by molar-refractivity contribution is 0.167. The van der Waals surface area contributed by atoms with Crippen LogP contribution in [-0.2, 0) is 17.8 Å². The van der Waals surface area contributed by atoms with E-state index in [-0.39, 0.29) is 13.2 Å². The van der Waals surface area contributed by atoms with Crippen LogP contribution in [-0.4, -0.2) is 21.5 Å². The Morgan fingerprint density at radius 3 is 1.82 bits per heavy atom. The maximum Gasteiger partial charge on any atom is 0.465 e. The zero-order valence-corrected chi connectivity index (χ0v) is 18.3. The molecule has 148 valence electrons. The van der Waals surface area contributed by atoms with Gasteiger partial charge >= 0.3 is 16.1 Å². The van der Waals surface area contributed by atoms with E-state index in [0.717, 1.165) is 28.4 Å². The summed E-state index contributed by atoms with van der Waals surface area (Å²) in [6.07, 6.45) is 8.38. The normalized spacial score (nSPS) is 14.7. The van der Waals surface area contributed by atoms with Crippen LogP contribution in [0.15, 0.2) is 84.1 Å². The second-order valence-corrected chi connectivity index (χ2v) is 11.7. The SMILES string of the molecule is CCOP(=O)(OCC)O[Si](C1=CCCC=C1)(c1ccccc1)c1ccccc1. The highest BCUT2D eigenvalue weighted by Crippen LogP contribution is 2.52. The van der Waals surface area contributed by atoms with Gasteiger partial charge in [0.2, 0.25) is 0 Å². The molecular weight excluding hydrogens is 387 g/mol. The minimum absolute atomic E-state index is 0.250. The first-order valence-corrected chi connectivity index (χ1v) is 13.1. The summed E-state index contributed by atoms with van der Waals surface area (Å²) < 4.78 is 31.2. The van der Waals surface area contributed by atoms with E-state index < -0.39 is 16.1 Å². The molecule has 0 aliphatic heterocycles. The van der Waals surface area contributed by atoms with E-state index in [1.165, 1.54) is 0 Å². The predicted molar refractivity (Wildman–Crippen MR) is 116 cm³/mol. The lowest BCUT2D eigenvalue weighted by Gasteiger charge is -2.36. The molecule has 0 saturated carbocycles. The van der Waals surface area contributed by atoms with Crippen LogP contribution in [0.5, 0.6) is 0 Å². The van der Waals surface area contributed by atoms with Gasteiger partial charge in [-0.25, -0.2) is 4.57 Å². The number of allylic oxidation sites excluding steroid dienone is 4. The Morgan fingerprint density at radius 2 is 1.39 bits per heavy atom. The topological polar surface area (TPSA) is 44.8 Å². The third kappa shape index (κ3) is 4.45. The molecule has 0 spiro atoms. The average Bonchev–Trinajstić information content (AvgIpc) is 2.74. The largest absolute Gasteiger partial charge is 0.465 e. The smallest absolute Gasteiger partial charge is 0.315 e. The van der Waals surface area contributed by atoms with Gasteiger partial charge in [0.25, 0.3) is 0 Å². The summed E-state index contributed by atoms with van der Waals surface area (Å²) in [5, 5.41) is 3.09. The molecule has 28 heavy (non-hydrogen) atoms. The average molecular weight is 415 g/mol. The minimum Gasteiger partial charge on any atom is -0.315 e. The Labute approximate surface area is 168 Å². The van der Waals surface area contributed by atoms with Gasteiger partial charge in [-0.05, 0) is 42.3 Å². The summed E-state index contributed by atoms with van der Waals surface area (Å²) in [5.41, 5.74) is 0. The zero-order chi connectivity index (χ0) is 19.9. The standard InChI is InChI=1S/C22H27O4PSi/c1-3-24-27(23,25-4-2)26-28(20-14-8-5-9-15-20,21-16-10-6-11-17-21)22-18-12-7-13-19-22/h5-6,8-12,14-19H,3-4,7,13H2,1-2H3. The third-order valence-electron chi connectivity index (χ3n) is 4.59. The van der Waals surface area contributed by atoms with Gasteiger partial charge in [-0.1, -0.05) is 78.9 Å². The van der Waals surface area contributed by atoms with E-state index >= 15 is 0 Å². The predicted octanol–water partition coefficient (Wildman–Crippen LogP) is 4.76. The van der Waals surface area contributed by atoms with Crippen molar-refractivity contribution in [3.8, 4) is 0 Å². The van der Waals surface area contributed by atoms with Gasteiger partial charge < -0.3 is 4.21 Å². The molecule has 0 unspecified atom stereocenters. The van der Waals surface area contributed by atoms with E-state index in [1.807, 2.05) is 60.7 Å². The van der Waals surface area contributed by atoms with Crippen LogP contribution in [0.4, 0.5) is 0 Å². The lowest BCUT2D eigenvalue weighted by atomic mass is 10.2. The van der Waals surface area contributed by atoms with Gasteiger partial charge in [-0.15, -0.1) is 0 Å². The van der Waals surface area contributed by atoms with Gasteiger partial charge in [0.15, 0.2) is 0 Å². The van der Waals surface area contributed by atoms with Crippen LogP contribution < -0.4 is 10.4 Å². The Kier molecular flexibility index (Phi) is 7.22. The van der Waals surface area contributed by atoms with Crippen LogP contribution in [0.1, 0.15) is 26.7 Å². The number of phosphoric ester groups is 1. The monoisotopic (exact) mass is 414 g/mol. The molecule has 0 amide bonds. The van der Waals surface area contributed by atoms with E-state index in [1.54, 1.807) is 13.8 Å². The molecule has 0 bridgehead atoms. The highest BCUT2D eigenvalue weighted by molar-refractivity contribution is 7.51. The van der Waals surface area contributed by atoms with E-state index in [0.29, 0.717) is 0 Å². The molecule has 1 aliphatic carbocycles. The molecule has 0 fully saturated rings. The van der Waals surface area contributed by atoms with Crippen molar-refractivity contribution in [3.05, 3.63) is 84.1 Å². The van der Waals surface area contributed by atoms with Gasteiger partial charge in [-0.2, -0.15) is 0 Å². The van der Waals surface area contributed by atoms with Crippen molar-refractivity contribution in [1.82, 2.24) is 0 Å². The van der Waals surface area contributed by atoms with E-state index in [2.05, 4.69) is 18.2 Å². The van der Waals surface area contributed by atoms with Crippen molar-refractivity contribution in [2.24, 2.45) is 0 Å². The summed E-state index contributed by atoms with van der Waals surface area (Å²) in [6, 6.07) is 20.1. The second kappa shape index (κ2) is 9.64. The zero-order valence-electron chi connectivity index (χ0n) is 16.4. The molecule has 2 aromatic rings. The van der Waals surface area contributed by atoms with Crippen molar-refractivity contribution in [3.63, 3.8) is 0 Å². The number of rotatable bonds is 9. The van der Waals surface area contributed by atoms with Crippen molar-refractivity contribution < 1.29 is 17.8 Å². The number of phosphoric acid groups is 1. The molecule has 0 heterocycles. The number of hydrogen-bond donors (Lipinski definition) is 0. The molecule has 0 N–H and O–H groups in total. The number of hydrogen-bond acceptors (Lipinski definition) is 4. The van der Waals surface area contributed by atoms with Gasteiger partial charge in [0, 0.05) is 0 Å². The van der Waals surface area contributed by atoms with Crippen LogP contribution in [0.25, 0.3) is 0 Å². The Balaban J connectivity index is 2.26. The van der Waals surface area contributed by atoms with Crippen LogP contribution >= 0.6 is 7.82 Å². The molecule has 3 rings (SSSR count). The Bertz CT molecular complexity index is 815. The van der Waals surface area contributed by atoms with E-state index in [9.17, 15) is 4.57 Å². The van der Waals surface area contributed by atoms with Crippen LogP contribution in [0.3, 0.4) is 0 Å². The molecule has 1 aliphatic rings. The highest BCUT2D eigenvalue weighted by Gasteiger charge is 2.49. The molecule has 0 atom stereocenters. The third-order valence-corrected chi connectivity index (χ3v) is 11.2. The molecule has 0 radical (unpaired) electrons. The maximum atomic E-state index is 13.5. The molecule has 6 heteroatoms. The Morgan fingerprint density at radius 1 is 0.857 bits per heavy atom. The first kappa shape index (κ1) is 21.0. The number of benzene rings is 2. The first-order chi connectivity index (χ1) is 13.6. The molecule has 4 nitrogen and oxygen atoms in total. The lowest BCUT2D eigenvalue weighted by Crippen LogP contribution is -2.62. The summed E-state index contributed by atoms with van der Waals surface area (Å²) in [4.78, 5) is 0. The quantitative estimate of drug-likeness (QED) is 0.438. The van der Waals surface area contributed by atoms with E-state index in [4.69, 9.17) is 13.3 Å². The van der Waals surface area contributed by atoms with Crippen LogP contribution in [0.2, 0.25) is 0 Å². The fourth-order valence-electron chi connectivity index (χ4n) is 3.45. The fraction of sp³-hybridized carbons (Fsp3) is 0.273. The second-order valence-electron chi connectivity index (χ2n) is 6.43. The summed E-state index contributed by atoms with van der Waals surface area (Å²) in [6.45, 7) is 4.09. The minimum atomic E-state index is -3.75. The summed E-state index contributed by atoms with van der Waals surface area (Å²) in [7, 11) is -6.85. The fourth-order valence-corrected chi connectivity index (χ4v) is 10.3. The first-order valence-electron chi connectivity index (χ1n) is 9.72. The molecule has 2 aromatic carbocycles. The van der Waals surface area contributed by atoms with Gasteiger partial charge in [-0.3, -0.25) is 9.05 Å². The van der Waals surface area contributed by atoms with Crippen LogP contribution in [0, 0.1) is 0 Å². The molecule has 0 aromatic heterocycles. The molecule has 0 saturated heterocycles. The van der Waals surface area contributed by atoms with Gasteiger partial charge in [0.1, 0.15) is 0 Å². The summed E-state index contributed by atoms with van der Waals surface area (Å²) in [5.74, 6) is 0. The highest BCUT2D eigenvalue weighted by atomic mass is 31.2. The maximum absolute atomic E-state index is 13.5.